The Morgan fingerprint density at radius 3 is 2.33 bits per heavy atom. The lowest BCUT2D eigenvalue weighted by molar-refractivity contribution is 0.308. The molecule has 0 radical (unpaired) electrons. The third kappa shape index (κ3) is 7.44. The van der Waals surface area contributed by atoms with Gasteiger partial charge in [-0.05, 0) is 38.7 Å². The molecule has 0 aliphatic rings. The van der Waals surface area contributed by atoms with Gasteiger partial charge in [0.1, 0.15) is 0 Å². The van der Waals surface area contributed by atoms with Crippen LogP contribution in [0.4, 0.5) is 8.78 Å². The largest absolute Gasteiger partial charge is 0.270 e. The molecule has 0 bridgehead atoms. The second kappa shape index (κ2) is 6.90. The number of halogens is 2. The van der Waals surface area contributed by atoms with Crippen molar-refractivity contribution in [3.8, 4) is 0 Å². The Hall–Kier alpha value is -0.490. The Labute approximate surface area is 89.2 Å². The fourth-order valence-electron chi connectivity index (χ4n) is 0.856. The first-order valence-electron chi connectivity index (χ1n) is 4.77. The van der Waals surface area contributed by atoms with Gasteiger partial charge in [0.05, 0.1) is 12.4 Å². The van der Waals surface area contributed by atoms with E-state index < -0.39 is 16.2 Å². The lowest BCUT2D eigenvalue weighted by Crippen LogP contribution is -2.09. The van der Waals surface area contributed by atoms with Gasteiger partial charge in [0, 0.05) is 0 Å². The summed E-state index contributed by atoms with van der Waals surface area (Å²) in [6.45, 7) is 2.91. The quantitative estimate of drug-likeness (QED) is 0.509. The predicted molar refractivity (Wildman–Crippen MR) is 54.2 cm³/mol. The summed E-state index contributed by atoms with van der Waals surface area (Å²) in [5, 5.41) is 0. The second-order valence-electron chi connectivity index (χ2n) is 3.17. The maximum atomic E-state index is 11.9. The molecule has 0 heterocycles. The molecular weight excluding hydrogens is 226 g/mol. The van der Waals surface area contributed by atoms with Crippen LogP contribution in [-0.4, -0.2) is 20.8 Å². The van der Waals surface area contributed by atoms with Crippen LogP contribution in [0.3, 0.4) is 0 Å². The highest BCUT2D eigenvalue weighted by molar-refractivity contribution is 7.86. The fraction of sp³-hybridized carbons (Fsp3) is 0.778. The van der Waals surface area contributed by atoms with Gasteiger partial charge in [0.15, 0.2) is 0 Å². The number of hydrogen-bond donors (Lipinski definition) is 0. The molecule has 0 saturated heterocycles. The van der Waals surface area contributed by atoms with Gasteiger partial charge in [0.2, 0.25) is 0 Å². The zero-order valence-electron chi connectivity index (χ0n) is 8.92. The van der Waals surface area contributed by atoms with Gasteiger partial charge >= 0.3 is 0 Å². The minimum atomic E-state index is -3.40. The molecule has 6 heteroatoms. The van der Waals surface area contributed by atoms with E-state index in [4.69, 9.17) is 0 Å². The van der Waals surface area contributed by atoms with E-state index in [1.807, 2.05) is 0 Å². The maximum absolute atomic E-state index is 11.9. The lowest BCUT2D eigenvalue weighted by atomic mass is 10.1. The molecule has 0 aliphatic carbocycles. The van der Waals surface area contributed by atoms with E-state index in [0.717, 1.165) is 0 Å². The van der Waals surface area contributed by atoms with Crippen LogP contribution in [-0.2, 0) is 14.3 Å². The number of rotatable bonds is 7. The Morgan fingerprint density at radius 1 is 1.27 bits per heavy atom. The number of hydrogen-bond acceptors (Lipinski definition) is 3. The minimum Gasteiger partial charge on any atom is -0.270 e. The average Bonchev–Trinajstić information content (AvgIpc) is 2.16. The SMILES string of the molecule is CCS(=O)(=O)OCCCCC(C)=C(F)F. The summed E-state index contributed by atoms with van der Waals surface area (Å²) in [5.74, 6) is -0.0644. The third-order valence-electron chi connectivity index (χ3n) is 1.89. The van der Waals surface area contributed by atoms with Crippen LogP contribution >= 0.6 is 0 Å². The molecule has 3 nitrogen and oxygen atoms in total. The van der Waals surface area contributed by atoms with Crippen LogP contribution in [0.15, 0.2) is 11.7 Å². The first-order chi connectivity index (χ1) is 6.89. The van der Waals surface area contributed by atoms with Gasteiger partial charge in [-0.3, -0.25) is 4.18 Å². The summed E-state index contributed by atoms with van der Waals surface area (Å²) >= 11 is 0. The van der Waals surface area contributed by atoms with Gasteiger partial charge in [-0.2, -0.15) is 17.2 Å². The Balaban J connectivity index is 3.62. The van der Waals surface area contributed by atoms with Crippen LogP contribution in [0.25, 0.3) is 0 Å². The standard InChI is InChI=1S/C9H16F2O3S/c1-3-15(12,13)14-7-5-4-6-8(2)9(10)11/h3-7H2,1-2H3. The number of unbranched alkanes of at least 4 members (excludes halogenated alkanes) is 1. The van der Waals surface area contributed by atoms with Gasteiger partial charge < -0.3 is 0 Å². The Morgan fingerprint density at radius 2 is 1.87 bits per heavy atom. The van der Waals surface area contributed by atoms with Crippen LogP contribution < -0.4 is 0 Å². The van der Waals surface area contributed by atoms with Crippen molar-refractivity contribution < 1.29 is 21.4 Å². The molecule has 0 aromatic carbocycles. The van der Waals surface area contributed by atoms with Gasteiger partial charge in [-0.25, -0.2) is 0 Å². The van der Waals surface area contributed by atoms with E-state index in [0.29, 0.717) is 12.8 Å². The van der Waals surface area contributed by atoms with Gasteiger partial charge in [0.25, 0.3) is 16.2 Å². The summed E-state index contributed by atoms with van der Waals surface area (Å²) < 4.78 is 50.2. The second-order valence-corrected chi connectivity index (χ2v) is 5.09. The predicted octanol–water partition coefficient (Wildman–Crippen LogP) is 2.69. The molecular formula is C9H16F2O3S. The molecule has 0 fully saturated rings. The third-order valence-corrected chi connectivity index (χ3v) is 3.12. The fourth-order valence-corrected chi connectivity index (χ4v) is 1.39. The minimum absolute atomic E-state index is 0.0494. The normalized spacial score (nSPS) is 11.5. The van der Waals surface area contributed by atoms with E-state index >= 15 is 0 Å². The van der Waals surface area contributed by atoms with Crippen molar-refractivity contribution in [1.29, 1.82) is 0 Å². The van der Waals surface area contributed by atoms with Crippen molar-refractivity contribution in [3.05, 3.63) is 11.7 Å². The molecule has 0 aliphatic heterocycles. The van der Waals surface area contributed by atoms with Crippen LogP contribution in [0.1, 0.15) is 33.1 Å². The maximum Gasteiger partial charge on any atom is 0.269 e. The first kappa shape index (κ1) is 14.5. The van der Waals surface area contributed by atoms with E-state index in [9.17, 15) is 17.2 Å². The van der Waals surface area contributed by atoms with Crippen LogP contribution in [0, 0.1) is 0 Å². The smallest absolute Gasteiger partial charge is 0.269 e. The Bertz CT molecular complexity index is 305. The zero-order chi connectivity index (χ0) is 11.9. The zero-order valence-corrected chi connectivity index (χ0v) is 9.74. The summed E-state index contributed by atoms with van der Waals surface area (Å²) in [7, 11) is -3.40. The molecule has 0 aromatic heterocycles. The molecule has 0 N–H and O–H groups in total. The molecule has 0 saturated carbocycles. The molecule has 0 unspecified atom stereocenters. The first-order valence-corrected chi connectivity index (χ1v) is 6.34. The van der Waals surface area contributed by atoms with Crippen molar-refractivity contribution in [3.63, 3.8) is 0 Å². The number of allylic oxidation sites excluding steroid dienone is 1. The van der Waals surface area contributed by atoms with E-state index in [-0.39, 0.29) is 24.4 Å². The highest BCUT2D eigenvalue weighted by Crippen LogP contribution is 2.14. The summed E-state index contributed by atoms with van der Waals surface area (Å²) in [6.07, 6.45) is -0.415. The molecule has 15 heavy (non-hydrogen) atoms. The van der Waals surface area contributed by atoms with Crippen molar-refractivity contribution in [1.82, 2.24) is 0 Å². The highest BCUT2D eigenvalue weighted by atomic mass is 32.2. The van der Waals surface area contributed by atoms with Crippen molar-refractivity contribution in [2.45, 2.75) is 33.1 Å². The summed E-state index contributed by atoms with van der Waals surface area (Å²) in [4.78, 5) is 0. The van der Waals surface area contributed by atoms with Crippen LogP contribution in [0.5, 0.6) is 0 Å². The molecule has 0 rings (SSSR count). The van der Waals surface area contributed by atoms with Gasteiger partial charge in [-0.15, -0.1) is 0 Å². The molecule has 0 atom stereocenters. The van der Waals surface area contributed by atoms with Gasteiger partial charge in [-0.1, -0.05) is 0 Å². The lowest BCUT2D eigenvalue weighted by Gasteiger charge is -2.03. The topological polar surface area (TPSA) is 43.4 Å². The molecule has 0 aromatic rings. The van der Waals surface area contributed by atoms with E-state index in [1.54, 1.807) is 0 Å². The highest BCUT2D eigenvalue weighted by Gasteiger charge is 2.06. The summed E-state index contributed by atoms with van der Waals surface area (Å²) in [5.41, 5.74) is 0.0494. The Kier molecular flexibility index (Phi) is 6.67. The van der Waals surface area contributed by atoms with Crippen molar-refractivity contribution in [2.24, 2.45) is 0 Å². The van der Waals surface area contributed by atoms with Crippen LogP contribution in [0.2, 0.25) is 0 Å². The average molecular weight is 242 g/mol. The molecule has 0 spiro atoms. The van der Waals surface area contributed by atoms with E-state index in [1.165, 1.54) is 13.8 Å². The monoisotopic (exact) mass is 242 g/mol. The molecule has 90 valence electrons. The van der Waals surface area contributed by atoms with E-state index in [2.05, 4.69) is 4.18 Å². The van der Waals surface area contributed by atoms with Crippen molar-refractivity contribution >= 4 is 10.1 Å². The molecule has 0 amide bonds. The summed E-state index contributed by atoms with van der Waals surface area (Å²) in [6, 6.07) is 0. The van der Waals surface area contributed by atoms with Crippen molar-refractivity contribution in [2.75, 3.05) is 12.4 Å².